The third kappa shape index (κ3) is 2.97. The van der Waals surface area contributed by atoms with Gasteiger partial charge in [0.25, 0.3) is 5.91 Å². The summed E-state index contributed by atoms with van der Waals surface area (Å²) < 4.78 is 1.03. The molecule has 0 radical (unpaired) electrons. The van der Waals surface area contributed by atoms with Crippen LogP contribution in [0.1, 0.15) is 16.9 Å². The Morgan fingerprint density at radius 3 is 2.93 bits per heavy atom. The van der Waals surface area contributed by atoms with Gasteiger partial charge in [-0.15, -0.1) is 0 Å². The van der Waals surface area contributed by atoms with Crippen LogP contribution >= 0.6 is 11.8 Å². The maximum atomic E-state index is 11.5. The molecular formula is C9H11ClN2O2. The number of aliphatic hydroxyl groups is 1. The molecule has 0 bridgehead atoms. The summed E-state index contributed by atoms with van der Waals surface area (Å²) >= 11 is 5.68. The van der Waals surface area contributed by atoms with E-state index in [0.717, 1.165) is 4.42 Å². The van der Waals surface area contributed by atoms with E-state index in [1.807, 2.05) is 0 Å². The van der Waals surface area contributed by atoms with Crippen molar-refractivity contribution in [3.05, 3.63) is 30.1 Å². The Balaban J connectivity index is 2.57. The van der Waals surface area contributed by atoms with Crippen LogP contribution in [0.4, 0.5) is 0 Å². The van der Waals surface area contributed by atoms with Crippen molar-refractivity contribution in [2.45, 2.75) is 6.42 Å². The van der Waals surface area contributed by atoms with E-state index in [1.165, 1.54) is 6.20 Å². The lowest BCUT2D eigenvalue weighted by Crippen LogP contribution is -2.24. The highest BCUT2D eigenvalue weighted by Crippen LogP contribution is 2.04. The van der Waals surface area contributed by atoms with Crippen LogP contribution in [0.15, 0.2) is 24.4 Å². The molecule has 0 aliphatic rings. The third-order valence-corrected chi connectivity index (χ3v) is 1.94. The van der Waals surface area contributed by atoms with Gasteiger partial charge in [-0.2, -0.15) is 0 Å². The predicted octanol–water partition coefficient (Wildman–Crippen LogP) is 1.06. The van der Waals surface area contributed by atoms with Gasteiger partial charge < -0.3 is 5.11 Å². The minimum absolute atomic E-state index is 0.0126. The Kier molecular flexibility index (Phi) is 4.35. The monoisotopic (exact) mass is 214 g/mol. The van der Waals surface area contributed by atoms with Crippen LogP contribution in [0, 0.1) is 0 Å². The molecule has 5 heteroatoms. The lowest BCUT2D eigenvalue weighted by Gasteiger charge is -2.11. The molecule has 0 atom stereocenters. The zero-order valence-electron chi connectivity index (χ0n) is 7.56. The van der Waals surface area contributed by atoms with Gasteiger partial charge in [-0.25, -0.2) is 4.42 Å². The van der Waals surface area contributed by atoms with Crippen LogP contribution in [0.3, 0.4) is 0 Å². The Labute approximate surface area is 87.2 Å². The Hall–Kier alpha value is -1.13. The Bertz CT molecular complexity index is 292. The molecule has 1 heterocycles. The van der Waals surface area contributed by atoms with E-state index in [1.54, 1.807) is 18.2 Å². The minimum atomic E-state index is -0.347. The van der Waals surface area contributed by atoms with E-state index in [0.29, 0.717) is 18.7 Å². The molecule has 0 spiro atoms. The number of nitrogens with zero attached hydrogens (tertiary/aromatic N) is 2. The number of rotatable bonds is 4. The van der Waals surface area contributed by atoms with E-state index in [-0.39, 0.29) is 12.5 Å². The molecule has 76 valence electrons. The maximum Gasteiger partial charge on any atom is 0.286 e. The largest absolute Gasteiger partial charge is 0.396 e. The van der Waals surface area contributed by atoms with Gasteiger partial charge in [-0.05, 0) is 18.6 Å². The van der Waals surface area contributed by atoms with E-state index in [2.05, 4.69) is 4.98 Å². The van der Waals surface area contributed by atoms with Crippen LogP contribution in [0.5, 0.6) is 0 Å². The van der Waals surface area contributed by atoms with E-state index < -0.39 is 0 Å². The van der Waals surface area contributed by atoms with E-state index in [9.17, 15) is 4.79 Å². The number of pyridine rings is 1. The summed E-state index contributed by atoms with van der Waals surface area (Å²) in [6, 6.07) is 5.04. The molecular weight excluding hydrogens is 204 g/mol. The fourth-order valence-electron chi connectivity index (χ4n) is 0.925. The van der Waals surface area contributed by atoms with Gasteiger partial charge in [0.15, 0.2) is 0 Å². The van der Waals surface area contributed by atoms with Crippen molar-refractivity contribution in [2.75, 3.05) is 13.2 Å². The molecule has 4 nitrogen and oxygen atoms in total. The highest BCUT2D eigenvalue weighted by molar-refractivity contribution is 6.23. The average molecular weight is 215 g/mol. The lowest BCUT2D eigenvalue weighted by molar-refractivity contribution is 0.0852. The number of carbonyl (C=O) groups excluding carboxylic acids is 1. The highest BCUT2D eigenvalue weighted by atomic mass is 35.5. The normalized spacial score (nSPS) is 9.86. The molecule has 0 unspecified atom stereocenters. The second-order valence-electron chi connectivity index (χ2n) is 2.68. The van der Waals surface area contributed by atoms with Crippen molar-refractivity contribution in [1.82, 2.24) is 9.40 Å². The van der Waals surface area contributed by atoms with Gasteiger partial charge in [0.05, 0.1) is 0 Å². The first-order valence-corrected chi connectivity index (χ1v) is 4.59. The Morgan fingerprint density at radius 2 is 2.36 bits per heavy atom. The zero-order chi connectivity index (χ0) is 10.4. The van der Waals surface area contributed by atoms with Gasteiger partial charge in [-0.1, -0.05) is 6.07 Å². The SMILES string of the molecule is O=C(c1ccccn1)N(Cl)CCCO. The minimum Gasteiger partial charge on any atom is -0.396 e. The highest BCUT2D eigenvalue weighted by Gasteiger charge is 2.13. The summed E-state index contributed by atoms with van der Waals surface area (Å²) in [5.41, 5.74) is 0.306. The number of carbonyl (C=O) groups is 1. The number of aromatic nitrogens is 1. The van der Waals surface area contributed by atoms with Gasteiger partial charge in [0.1, 0.15) is 5.69 Å². The number of hydrogen-bond acceptors (Lipinski definition) is 3. The molecule has 1 aromatic rings. The molecule has 1 aromatic heterocycles. The van der Waals surface area contributed by atoms with Crippen LogP contribution in [-0.2, 0) is 0 Å². The number of aliphatic hydroxyl groups excluding tert-OH is 1. The lowest BCUT2D eigenvalue weighted by atomic mass is 10.3. The molecule has 0 saturated carbocycles. The van der Waals surface area contributed by atoms with E-state index >= 15 is 0 Å². The summed E-state index contributed by atoms with van der Waals surface area (Å²) in [7, 11) is 0. The zero-order valence-corrected chi connectivity index (χ0v) is 8.31. The van der Waals surface area contributed by atoms with Crippen molar-refractivity contribution in [1.29, 1.82) is 0 Å². The third-order valence-electron chi connectivity index (χ3n) is 1.62. The molecule has 1 N–H and O–H groups in total. The van der Waals surface area contributed by atoms with Gasteiger partial charge >= 0.3 is 0 Å². The van der Waals surface area contributed by atoms with Crippen LogP contribution in [-0.4, -0.2) is 33.6 Å². The van der Waals surface area contributed by atoms with Crippen molar-refractivity contribution in [2.24, 2.45) is 0 Å². The van der Waals surface area contributed by atoms with Crippen molar-refractivity contribution in [3.63, 3.8) is 0 Å². The van der Waals surface area contributed by atoms with Crippen LogP contribution in [0.25, 0.3) is 0 Å². The maximum absolute atomic E-state index is 11.5. The number of amides is 1. The van der Waals surface area contributed by atoms with Crippen molar-refractivity contribution >= 4 is 17.7 Å². The molecule has 0 aromatic carbocycles. The van der Waals surface area contributed by atoms with Gasteiger partial charge in [0.2, 0.25) is 0 Å². The Morgan fingerprint density at radius 1 is 1.57 bits per heavy atom. The summed E-state index contributed by atoms with van der Waals surface area (Å²) in [6.07, 6.45) is 1.99. The van der Waals surface area contributed by atoms with Crippen LogP contribution in [0.2, 0.25) is 0 Å². The summed E-state index contributed by atoms with van der Waals surface area (Å²) in [5, 5.41) is 8.56. The second kappa shape index (κ2) is 5.57. The fraction of sp³-hybridized carbons (Fsp3) is 0.333. The van der Waals surface area contributed by atoms with E-state index in [4.69, 9.17) is 16.9 Å². The van der Waals surface area contributed by atoms with Gasteiger partial charge in [-0.3, -0.25) is 9.78 Å². The summed E-state index contributed by atoms with van der Waals surface area (Å²) in [4.78, 5) is 15.4. The summed E-state index contributed by atoms with van der Waals surface area (Å²) in [6.45, 7) is 0.326. The predicted molar refractivity (Wildman–Crippen MR) is 52.8 cm³/mol. The van der Waals surface area contributed by atoms with Crippen molar-refractivity contribution < 1.29 is 9.90 Å². The standard InChI is InChI=1S/C9H11ClN2O2/c10-12(6-3-7-13)9(14)8-4-1-2-5-11-8/h1-2,4-5,13H,3,6-7H2. The number of hydrogen-bond donors (Lipinski definition) is 1. The average Bonchev–Trinajstić information content (AvgIpc) is 2.26. The molecule has 1 amide bonds. The molecule has 0 aliphatic heterocycles. The first kappa shape index (κ1) is 10.9. The first-order valence-electron chi connectivity index (χ1n) is 4.25. The molecule has 0 fully saturated rings. The van der Waals surface area contributed by atoms with Crippen LogP contribution < -0.4 is 0 Å². The molecule has 14 heavy (non-hydrogen) atoms. The smallest absolute Gasteiger partial charge is 0.286 e. The topological polar surface area (TPSA) is 53.4 Å². The summed E-state index contributed by atoms with van der Waals surface area (Å²) in [5.74, 6) is -0.347. The molecule has 0 saturated heterocycles. The quantitative estimate of drug-likeness (QED) is 0.763. The fourth-order valence-corrected chi connectivity index (χ4v) is 1.13. The molecule has 0 aliphatic carbocycles. The van der Waals surface area contributed by atoms with Crippen molar-refractivity contribution in [3.8, 4) is 0 Å². The second-order valence-corrected chi connectivity index (χ2v) is 3.09. The van der Waals surface area contributed by atoms with Gasteiger partial charge in [0, 0.05) is 31.1 Å². The molecule has 1 rings (SSSR count). The first-order chi connectivity index (χ1) is 6.75. The number of halogens is 1.